The van der Waals surface area contributed by atoms with Gasteiger partial charge in [-0.3, -0.25) is 9.59 Å². The molecule has 1 rings (SSSR count). The molecule has 1 atom stereocenters. The van der Waals surface area contributed by atoms with Crippen molar-refractivity contribution in [1.82, 2.24) is 4.90 Å². The van der Waals surface area contributed by atoms with Gasteiger partial charge >= 0.3 is 0 Å². The molecule has 22 heavy (non-hydrogen) atoms. The van der Waals surface area contributed by atoms with E-state index < -0.39 is 6.04 Å². The van der Waals surface area contributed by atoms with Gasteiger partial charge in [0, 0.05) is 17.2 Å². The summed E-state index contributed by atoms with van der Waals surface area (Å²) in [7, 11) is 1.59. The average Bonchev–Trinajstić information content (AvgIpc) is 2.40. The second-order valence-electron chi connectivity index (χ2n) is 5.94. The summed E-state index contributed by atoms with van der Waals surface area (Å²) >= 11 is 3.38. The number of hydrogen-bond acceptors (Lipinski definition) is 3. The highest BCUT2D eigenvalue weighted by Crippen LogP contribution is 2.19. The highest BCUT2D eigenvalue weighted by molar-refractivity contribution is 9.10. The molecule has 0 spiro atoms. The summed E-state index contributed by atoms with van der Waals surface area (Å²) < 4.78 is 0.954. The Morgan fingerprint density at radius 2 is 2.00 bits per heavy atom. The van der Waals surface area contributed by atoms with E-state index >= 15 is 0 Å². The van der Waals surface area contributed by atoms with Crippen molar-refractivity contribution in [2.24, 2.45) is 11.7 Å². The average molecular weight is 370 g/mol. The minimum atomic E-state index is -0.563. The van der Waals surface area contributed by atoms with Crippen LogP contribution in [-0.2, 0) is 9.59 Å². The second kappa shape index (κ2) is 8.29. The van der Waals surface area contributed by atoms with Gasteiger partial charge in [0.05, 0.1) is 12.6 Å². The summed E-state index contributed by atoms with van der Waals surface area (Å²) in [6.07, 6.45) is 0.608. The van der Waals surface area contributed by atoms with Crippen LogP contribution >= 0.6 is 15.9 Å². The van der Waals surface area contributed by atoms with Crippen molar-refractivity contribution in [3.8, 4) is 0 Å². The largest absolute Gasteiger partial charge is 0.335 e. The minimum Gasteiger partial charge on any atom is -0.335 e. The molecule has 0 saturated heterocycles. The molecule has 2 amide bonds. The third-order valence-corrected chi connectivity index (χ3v) is 3.76. The monoisotopic (exact) mass is 369 g/mol. The molecular weight excluding hydrogens is 346 g/mol. The molecule has 0 aliphatic carbocycles. The molecular formula is C16H24BrN3O2. The summed E-state index contributed by atoms with van der Waals surface area (Å²) in [4.78, 5) is 25.5. The van der Waals surface area contributed by atoms with Crippen molar-refractivity contribution in [3.05, 3.63) is 28.2 Å². The third-order valence-electron chi connectivity index (χ3n) is 3.26. The number of rotatable bonds is 6. The van der Waals surface area contributed by atoms with E-state index in [0.717, 1.165) is 15.7 Å². The molecule has 0 bridgehead atoms. The molecule has 6 heteroatoms. The summed E-state index contributed by atoms with van der Waals surface area (Å²) in [6, 6.07) is 5.04. The van der Waals surface area contributed by atoms with Gasteiger partial charge in [0.15, 0.2) is 0 Å². The topological polar surface area (TPSA) is 75.4 Å². The zero-order valence-corrected chi connectivity index (χ0v) is 15.1. The van der Waals surface area contributed by atoms with E-state index in [1.54, 1.807) is 7.05 Å². The first-order valence-corrected chi connectivity index (χ1v) is 8.06. The number of likely N-dealkylation sites (N-methyl/N-ethyl adjacent to an activating group) is 1. The zero-order valence-electron chi connectivity index (χ0n) is 13.5. The van der Waals surface area contributed by atoms with Gasteiger partial charge in [-0.25, -0.2) is 0 Å². The molecule has 122 valence electrons. The first-order valence-electron chi connectivity index (χ1n) is 7.27. The Balaban J connectivity index is 2.58. The fraction of sp³-hybridized carbons (Fsp3) is 0.500. The van der Waals surface area contributed by atoms with Crippen LogP contribution in [0.25, 0.3) is 0 Å². The standard InChI is InChI=1S/C16H24BrN3O2/c1-10(2)7-13(18)16(22)20(4)9-15(21)19-14-6-5-12(17)8-11(14)3/h5-6,8,10,13H,7,9,18H2,1-4H3,(H,19,21)/t13-/m0/s1. The van der Waals surface area contributed by atoms with Gasteiger partial charge in [0.2, 0.25) is 11.8 Å². The van der Waals surface area contributed by atoms with Crippen LogP contribution < -0.4 is 11.1 Å². The van der Waals surface area contributed by atoms with E-state index in [9.17, 15) is 9.59 Å². The molecule has 0 aliphatic rings. The molecule has 0 aromatic heterocycles. The van der Waals surface area contributed by atoms with Crippen LogP contribution in [0.15, 0.2) is 22.7 Å². The number of amides is 2. The summed E-state index contributed by atoms with van der Waals surface area (Å²) in [6.45, 7) is 5.92. The number of nitrogens with two attached hydrogens (primary N) is 1. The van der Waals surface area contributed by atoms with E-state index in [1.165, 1.54) is 4.90 Å². The van der Waals surface area contributed by atoms with Crippen LogP contribution in [0.3, 0.4) is 0 Å². The molecule has 5 nitrogen and oxygen atoms in total. The fourth-order valence-corrected chi connectivity index (χ4v) is 2.62. The Bertz CT molecular complexity index is 546. The van der Waals surface area contributed by atoms with Crippen LogP contribution in [0.4, 0.5) is 5.69 Å². The Morgan fingerprint density at radius 3 is 2.55 bits per heavy atom. The van der Waals surface area contributed by atoms with Crippen LogP contribution in [-0.4, -0.2) is 36.3 Å². The second-order valence-corrected chi connectivity index (χ2v) is 6.85. The number of halogens is 1. The number of anilines is 1. The van der Waals surface area contributed by atoms with Crippen molar-refractivity contribution in [2.75, 3.05) is 18.9 Å². The molecule has 0 heterocycles. The van der Waals surface area contributed by atoms with Crippen LogP contribution in [0, 0.1) is 12.8 Å². The lowest BCUT2D eigenvalue weighted by Crippen LogP contribution is -2.45. The van der Waals surface area contributed by atoms with Gasteiger partial charge < -0.3 is 16.0 Å². The lowest BCUT2D eigenvalue weighted by molar-refractivity contribution is -0.134. The Morgan fingerprint density at radius 1 is 1.36 bits per heavy atom. The predicted octanol–water partition coefficient (Wildman–Crippen LogP) is 2.53. The van der Waals surface area contributed by atoms with Gasteiger partial charge in [-0.05, 0) is 43.0 Å². The third kappa shape index (κ3) is 5.77. The maximum Gasteiger partial charge on any atom is 0.243 e. The Kier molecular flexibility index (Phi) is 7.03. The van der Waals surface area contributed by atoms with E-state index in [1.807, 2.05) is 39.0 Å². The van der Waals surface area contributed by atoms with E-state index in [0.29, 0.717) is 12.3 Å². The Hall–Kier alpha value is -1.40. The highest BCUT2D eigenvalue weighted by atomic mass is 79.9. The number of hydrogen-bond donors (Lipinski definition) is 2. The van der Waals surface area contributed by atoms with Gasteiger partial charge in [-0.15, -0.1) is 0 Å². The van der Waals surface area contributed by atoms with E-state index in [-0.39, 0.29) is 18.4 Å². The lowest BCUT2D eigenvalue weighted by atomic mass is 10.0. The number of nitrogens with zero attached hydrogens (tertiary/aromatic N) is 1. The fourth-order valence-electron chi connectivity index (χ4n) is 2.14. The maximum atomic E-state index is 12.1. The van der Waals surface area contributed by atoms with Crippen molar-refractivity contribution in [3.63, 3.8) is 0 Å². The number of benzene rings is 1. The highest BCUT2D eigenvalue weighted by Gasteiger charge is 2.21. The number of carbonyl (C=O) groups excluding carboxylic acids is 2. The molecule has 0 unspecified atom stereocenters. The van der Waals surface area contributed by atoms with E-state index in [4.69, 9.17) is 5.73 Å². The molecule has 3 N–H and O–H groups in total. The number of nitrogens with one attached hydrogen (secondary N) is 1. The van der Waals surface area contributed by atoms with Crippen molar-refractivity contribution in [1.29, 1.82) is 0 Å². The summed E-state index contributed by atoms with van der Waals surface area (Å²) in [5.74, 6) is -0.110. The minimum absolute atomic E-state index is 0.0138. The van der Waals surface area contributed by atoms with Crippen LogP contribution in [0.1, 0.15) is 25.8 Å². The molecule has 0 saturated carbocycles. The number of carbonyl (C=O) groups is 2. The van der Waals surface area contributed by atoms with E-state index in [2.05, 4.69) is 21.2 Å². The first kappa shape index (κ1) is 18.6. The van der Waals surface area contributed by atoms with Crippen molar-refractivity contribution >= 4 is 33.4 Å². The molecule has 0 radical (unpaired) electrons. The first-order chi connectivity index (χ1) is 10.2. The SMILES string of the molecule is Cc1cc(Br)ccc1NC(=O)CN(C)C(=O)[C@@H](N)CC(C)C. The Labute approximate surface area is 140 Å². The van der Waals surface area contributed by atoms with Gasteiger partial charge in [0.1, 0.15) is 0 Å². The molecule has 1 aromatic rings. The lowest BCUT2D eigenvalue weighted by Gasteiger charge is -2.22. The summed E-state index contributed by atoms with van der Waals surface area (Å²) in [5.41, 5.74) is 7.55. The molecule has 0 aliphatic heterocycles. The van der Waals surface area contributed by atoms with Crippen LogP contribution in [0.2, 0.25) is 0 Å². The van der Waals surface area contributed by atoms with Gasteiger partial charge in [0.25, 0.3) is 0 Å². The maximum absolute atomic E-state index is 12.1. The molecule has 1 aromatic carbocycles. The zero-order chi connectivity index (χ0) is 16.9. The van der Waals surface area contributed by atoms with Gasteiger partial charge in [-0.1, -0.05) is 29.8 Å². The smallest absolute Gasteiger partial charge is 0.243 e. The van der Waals surface area contributed by atoms with Gasteiger partial charge in [-0.2, -0.15) is 0 Å². The van der Waals surface area contributed by atoms with Crippen LogP contribution in [0.5, 0.6) is 0 Å². The van der Waals surface area contributed by atoms with Crippen molar-refractivity contribution in [2.45, 2.75) is 33.2 Å². The number of aryl methyl sites for hydroxylation is 1. The normalized spacial score (nSPS) is 12.1. The molecule has 0 fully saturated rings. The predicted molar refractivity (Wildman–Crippen MR) is 92.6 cm³/mol. The summed E-state index contributed by atoms with van der Waals surface area (Å²) in [5, 5.41) is 2.81. The quantitative estimate of drug-likeness (QED) is 0.808. The van der Waals surface area contributed by atoms with Crippen molar-refractivity contribution < 1.29 is 9.59 Å².